The van der Waals surface area contributed by atoms with Crippen molar-refractivity contribution in [1.29, 1.82) is 0 Å². The number of carbonyl (C=O) groups excluding carboxylic acids is 2. The predicted molar refractivity (Wildman–Crippen MR) is 186 cm³/mol. The molecule has 3 rings (SSSR count). The molecular formula is C37H67NO13. The molecule has 5 N–H and O–H groups in total. The highest BCUT2D eigenvalue weighted by molar-refractivity contribution is 5.83. The van der Waals surface area contributed by atoms with E-state index in [0.717, 1.165) is 0 Å². The summed E-state index contributed by atoms with van der Waals surface area (Å²) in [7, 11) is 5.18. The van der Waals surface area contributed by atoms with Crippen molar-refractivity contribution >= 4 is 11.8 Å². The number of rotatable bonds is 7. The molecule has 0 spiro atoms. The first kappa shape index (κ1) is 44.1. The van der Waals surface area contributed by atoms with E-state index in [1.165, 1.54) is 27.9 Å². The van der Waals surface area contributed by atoms with Gasteiger partial charge in [-0.15, -0.1) is 0 Å². The average Bonchev–Trinajstić information content (AvgIpc) is 3.05. The zero-order chi connectivity index (χ0) is 39.0. The van der Waals surface area contributed by atoms with E-state index in [0.29, 0.717) is 6.42 Å². The SMILES string of the molecule is CC[C@@H]1OC(=O)[C@@H](C)[C@H](O[C@H]2C[C@@](C)(OC)[C@@H](O)[C@H](C)O2)[C@@H](C)[C@H](O[C@@H]2O[C@H](C)C[C@H](N(C)C)[C@H]2O)[C@@](C)(O)C[C@H](C)C(=O)[C@@H](C)[C@@H](O)[C@@]1(C)O. The molecule has 0 unspecified atom stereocenters. The summed E-state index contributed by atoms with van der Waals surface area (Å²) >= 11 is 0. The van der Waals surface area contributed by atoms with Crippen LogP contribution in [0.4, 0.5) is 0 Å². The number of carbonyl (C=O) groups is 2. The fourth-order valence-corrected chi connectivity index (χ4v) is 8.41. The minimum atomic E-state index is -1.99. The molecule has 0 aromatic rings. The van der Waals surface area contributed by atoms with Gasteiger partial charge in [-0.05, 0) is 74.9 Å². The summed E-state index contributed by atoms with van der Waals surface area (Å²) in [6, 6.07) is -0.324. The number of aliphatic hydroxyl groups excluding tert-OH is 3. The molecule has 0 aromatic heterocycles. The largest absolute Gasteiger partial charge is 0.459 e. The Kier molecular flexibility index (Phi) is 14.7. The fourth-order valence-electron chi connectivity index (χ4n) is 8.41. The molecular weight excluding hydrogens is 666 g/mol. The predicted octanol–water partition coefficient (Wildman–Crippen LogP) is 1.79. The maximum atomic E-state index is 14.1. The summed E-state index contributed by atoms with van der Waals surface area (Å²) in [5, 5.41) is 57.6. The third-order valence-electron chi connectivity index (χ3n) is 11.8. The molecule has 14 heteroatoms. The van der Waals surface area contributed by atoms with E-state index in [-0.39, 0.29) is 31.4 Å². The molecule has 18 atom stereocenters. The molecule has 14 nitrogen and oxygen atoms in total. The van der Waals surface area contributed by atoms with Crippen molar-refractivity contribution in [2.75, 3.05) is 21.2 Å². The third kappa shape index (κ3) is 9.51. The van der Waals surface area contributed by atoms with Gasteiger partial charge in [0, 0.05) is 37.3 Å². The lowest BCUT2D eigenvalue weighted by atomic mass is 9.74. The number of likely N-dealkylation sites (N-methyl/N-ethyl adjacent to an activating group) is 1. The Morgan fingerprint density at radius 2 is 1.49 bits per heavy atom. The van der Waals surface area contributed by atoms with Crippen LogP contribution in [0.1, 0.15) is 94.9 Å². The third-order valence-corrected chi connectivity index (χ3v) is 11.8. The van der Waals surface area contributed by atoms with E-state index in [4.69, 9.17) is 28.4 Å². The molecule has 0 aromatic carbocycles. The molecule has 51 heavy (non-hydrogen) atoms. The number of nitrogens with zero attached hydrogens (tertiary/aromatic N) is 1. The first-order valence-electron chi connectivity index (χ1n) is 18.5. The molecule has 3 heterocycles. The van der Waals surface area contributed by atoms with Crippen LogP contribution in [-0.2, 0) is 38.0 Å². The Morgan fingerprint density at radius 1 is 0.882 bits per heavy atom. The Labute approximate surface area is 304 Å². The van der Waals surface area contributed by atoms with Crippen LogP contribution in [0, 0.1) is 23.7 Å². The zero-order valence-corrected chi connectivity index (χ0v) is 32.9. The van der Waals surface area contributed by atoms with Crippen LogP contribution < -0.4 is 0 Å². The number of ether oxygens (including phenoxy) is 6. The smallest absolute Gasteiger partial charge is 0.311 e. The number of ketones is 1. The molecule has 0 saturated carbocycles. The first-order chi connectivity index (χ1) is 23.4. The highest BCUT2D eigenvalue weighted by Crippen LogP contribution is 2.40. The number of aliphatic hydroxyl groups is 5. The lowest BCUT2D eigenvalue weighted by Gasteiger charge is -2.49. The van der Waals surface area contributed by atoms with Gasteiger partial charge in [0.25, 0.3) is 0 Å². The van der Waals surface area contributed by atoms with Gasteiger partial charge in [0.1, 0.15) is 29.7 Å². The second-order valence-corrected chi connectivity index (χ2v) is 16.5. The highest BCUT2D eigenvalue weighted by Gasteiger charge is 2.53. The molecule has 0 aliphatic carbocycles. The van der Waals surface area contributed by atoms with Gasteiger partial charge in [-0.1, -0.05) is 27.7 Å². The summed E-state index contributed by atoms with van der Waals surface area (Å²) < 4.78 is 37.1. The van der Waals surface area contributed by atoms with Crippen LogP contribution in [0.5, 0.6) is 0 Å². The Morgan fingerprint density at radius 3 is 2.04 bits per heavy atom. The molecule has 3 saturated heterocycles. The van der Waals surface area contributed by atoms with E-state index < -0.39 is 108 Å². The maximum Gasteiger partial charge on any atom is 0.311 e. The number of esters is 1. The second kappa shape index (κ2) is 17.0. The summed E-state index contributed by atoms with van der Waals surface area (Å²) in [6.45, 7) is 16.3. The van der Waals surface area contributed by atoms with Crippen molar-refractivity contribution in [3.8, 4) is 0 Å². The first-order valence-corrected chi connectivity index (χ1v) is 18.5. The molecule has 0 radical (unpaired) electrons. The van der Waals surface area contributed by atoms with Gasteiger partial charge in [-0.25, -0.2) is 0 Å². The van der Waals surface area contributed by atoms with Gasteiger partial charge in [0.05, 0.1) is 47.6 Å². The molecule has 3 aliphatic heterocycles. The van der Waals surface area contributed by atoms with E-state index in [9.17, 15) is 35.1 Å². The fraction of sp³-hybridized carbons (Fsp3) is 0.946. The lowest BCUT2D eigenvalue weighted by molar-refractivity contribution is -0.318. The van der Waals surface area contributed by atoms with Crippen LogP contribution in [0.25, 0.3) is 0 Å². The van der Waals surface area contributed by atoms with Crippen LogP contribution >= 0.6 is 0 Å². The number of hydrogen-bond donors (Lipinski definition) is 5. The standard InChI is InChI=1S/C37H67NO13/c1-14-25-37(10,45)30(41)20(4)27(39)18(2)16-35(8,44)32(51-34-28(40)24(38(11)12)15-19(3)47-34)21(5)29(22(6)33(43)49-25)50-26-17-36(9,46-13)31(42)23(7)48-26/h18-26,28-32,34,40-42,44-45H,14-17H2,1-13H3/t18-,19+,20+,21+,22-,23-,24-,25-,26-,28+,29+,30+,31-,32-,34-,35-,36+,37-/m0/s1. The molecule has 3 fully saturated rings. The Hall–Kier alpha value is -1.30. The maximum absolute atomic E-state index is 14.1. The van der Waals surface area contributed by atoms with E-state index in [1.54, 1.807) is 41.5 Å². The van der Waals surface area contributed by atoms with Gasteiger partial charge in [-0.2, -0.15) is 0 Å². The number of cyclic esters (lactones) is 1. The van der Waals surface area contributed by atoms with Gasteiger partial charge in [-0.3, -0.25) is 9.59 Å². The molecule has 0 bridgehead atoms. The second-order valence-electron chi connectivity index (χ2n) is 16.5. The molecule has 298 valence electrons. The quantitative estimate of drug-likeness (QED) is 0.238. The van der Waals surface area contributed by atoms with Gasteiger partial charge in [0.2, 0.25) is 0 Å². The minimum Gasteiger partial charge on any atom is -0.459 e. The van der Waals surface area contributed by atoms with Gasteiger partial charge in [0.15, 0.2) is 12.6 Å². The lowest BCUT2D eigenvalue weighted by Crippen LogP contribution is -2.61. The van der Waals surface area contributed by atoms with Crippen molar-refractivity contribution in [3.63, 3.8) is 0 Å². The zero-order valence-electron chi connectivity index (χ0n) is 32.9. The number of hydrogen-bond acceptors (Lipinski definition) is 14. The van der Waals surface area contributed by atoms with Crippen LogP contribution in [0.15, 0.2) is 0 Å². The molecule has 0 amide bonds. The number of methoxy groups -OCH3 is 1. The number of Topliss-reactive ketones (excluding diaryl/α,β-unsaturated/α-hetero) is 1. The summed E-state index contributed by atoms with van der Waals surface area (Å²) in [4.78, 5) is 29.8. The summed E-state index contributed by atoms with van der Waals surface area (Å²) in [5.41, 5.74) is -4.84. The Bertz CT molecular complexity index is 1170. The van der Waals surface area contributed by atoms with Gasteiger partial charge >= 0.3 is 5.97 Å². The summed E-state index contributed by atoms with van der Waals surface area (Å²) in [5.74, 6) is -4.98. The van der Waals surface area contributed by atoms with Crippen LogP contribution in [-0.4, -0.2) is 148 Å². The van der Waals surface area contributed by atoms with Crippen molar-refractivity contribution in [2.45, 2.75) is 179 Å². The average molecular weight is 734 g/mol. The minimum absolute atomic E-state index is 0.0936. The molecule has 3 aliphatic rings. The van der Waals surface area contributed by atoms with E-state index >= 15 is 0 Å². The van der Waals surface area contributed by atoms with Crippen molar-refractivity contribution < 1.29 is 63.5 Å². The van der Waals surface area contributed by atoms with Crippen LogP contribution in [0.3, 0.4) is 0 Å². The normalized spacial score (nSPS) is 49.7. The van der Waals surface area contributed by atoms with E-state index in [2.05, 4.69) is 0 Å². The van der Waals surface area contributed by atoms with Crippen molar-refractivity contribution in [1.82, 2.24) is 4.90 Å². The van der Waals surface area contributed by atoms with E-state index in [1.807, 2.05) is 25.9 Å². The topological polar surface area (TPSA) is 194 Å². The summed E-state index contributed by atoms with van der Waals surface area (Å²) in [6.07, 6.45) is -9.71. The highest BCUT2D eigenvalue weighted by atomic mass is 16.7. The van der Waals surface area contributed by atoms with Crippen molar-refractivity contribution in [3.05, 3.63) is 0 Å². The Balaban J connectivity index is 2.18. The monoisotopic (exact) mass is 733 g/mol. The van der Waals surface area contributed by atoms with Crippen molar-refractivity contribution in [2.24, 2.45) is 23.7 Å². The van der Waals surface area contributed by atoms with Crippen LogP contribution in [0.2, 0.25) is 0 Å². The van der Waals surface area contributed by atoms with Gasteiger partial charge < -0.3 is 58.9 Å².